The molecule has 0 atom stereocenters. The van der Waals surface area contributed by atoms with Gasteiger partial charge in [0.1, 0.15) is 30.6 Å². The summed E-state index contributed by atoms with van der Waals surface area (Å²) in [6.07, 6.45) is 3.06. The normalized spacial score (nSPS) is 10.8. The predicted octanol–water partition coefficient (Wildman–Crippen LogP) is 5.58. The number of nitrogens with zero attached hydrogens (tertiary/aromatic N) is 1. The van der Waals surface area contributed by atoms with E-state index in [-0.39, 0.29) is 17.7 Å². The van der Waals surface area contributed by atoms with Crippen LogP contribution in [0.3, 0.4) is 0 Å². The molecule has 0 aliphatic heterocycles. The van der Waals surface area contributed by atoms with Crippen molar-refractivity contribution in [2.24, 2.45) is 5.16 Å². The van der Waals surface area contributed by atoms with E-state index in [1.807, 2.05) is 12.1 Å². The minimum atomic E-state index is 0.123. The van der Waals surface area contributed by atoms with E-state index in [4.69, 9.17) is 55.9 Å². The van der Waals surface area contributed by atoms with Gasteiger partial charge in [0.2, 0.25) is 0 Å². The summed E-state index contributed by atoms with van der Waals surface area (Å²) in [5.41, 5.74) is 1.61. The molecule has 0 fully saturated rings. The lowest BCUT2D eigenvalue weighted by atomic mass is 10.3. The van der Waals surface area contributed by atoms with Crippen LogP contribution in [0.25, 0.3) is 0 Å². The summed E-state index contributed by atoms with van der Waals surface area (Å²) in [5.74, 6) is 0.842. The Kier molecular flexibility index (Phi) is 7.78. The summed E-state index contributed by atoms with van der Waals surface area (Å²) in [4.78, 5) is 7.73. The van der Waals surface area contributed by atoms with E-state index < -0.39 is 0 Å². The molecule has 0 amide bonds. The Morgan fingerprint density at radius 3 is 2.52 bits per heavy atom. The maximum absolute atomic E-state index is 6.21. The van der Waals surface area contributed by atoms with Crippen LogP contribution in [-0.4, -0.2) is 24.9 Å². The Hall–Kier alpha value is -1.53. The average Bonchev–Trinajstić information content (AvgIpc) is 2.99. The molecule has 134 valence electrons. The lowest BCUT2D eigenvalue weighted by Gasteiger charge is -2.11. The van der Waals surface area contributed by atoms with E-state index in [0.29, 0.717) is 21.5 Å². The maximum Gasteiger partial charge on any atom is 0.157 e. The molecule has 1 heterocycles. The molecule has 0 radical (unpaired) electrons. The summed E-state index contributed by atoms with van der Waals surface area (Å²) >= 11 is 23.5. The maximum atomic E-state index is 6.21. The highest BCUT2D eigenvalue weighted by atomic mass is 35.5. The minimum Gasteiger partial charge on any atom is -0.489 e. The third-order valence-electron chi connectivity index (χ3n) is 2.90. The molecular formula is C16H14Cl4N2O3. The first-order valence-corrected chi connectivity index (χ1v) is 8.51. The highest BCUT2D eigenvalue weighted by molar-refractivity contribution is 6.55. The first-order valence-electron chi connectivity index (χ1n) is 7.00. The number of rotatable bonds is 8. The Morgan fingerprint density at radius 1 is 1.16 bits per heavy atom. The number of nitrogens with one attached hydrogen (secondary N) is 1. The van der Waals surface area contributed by atoms with Crippen molar-refractivity contribution in [3.63, 3.8) is 0 Å². The molecule has 0 unspecified atom stereocenters. The van der Waals surface area contributed by atoms with Crippen LogP contribution in [0.5, 0.6) is 11.5 Å². The van der Waals surface area contributed by atoms with Gasteiger partial charge < -0.3 is 19.3 Å². The molecule has 1 N–H and O–H groups in total. The molecule has 0 aliphatic rings. The van der Waals surface area contributed by atoms with Crippen molar-refractivity contribution in [3.05, 3.63) is 56.3 Å². The van der Waals surface area contributed by atoms with E-state index in [9.17, 15) is 0 Å². The number of aromatic amines is 1. The predicted molar refractivity (Wildman–Crippen MR) is 101 cm³/mol. The highest BCUT2D eigenvalue weighted by Crippen LogP contribution is 2.37. The summed E-state index contributed by atoms with van der Waals surface area (Å²) in [5, 5.41) is 4.33. The van der Waals surface area contributed by atoms with Crippen molar-refractivity contribution < 1.29 is 14.3 Å². The Balaban J connectivity index is 2.01. The molecular weight excluding hydrogens is 410 g/mol. The van der Waals surface area contributed by atoms with Crippen LogP contribution >= 0.6 is 46.4 Å². The standard InChI is InChI=1S/C16H14Cl4N2O3/c1-23-21-8-10-2-3-11(22-10)9-25-16-13(17)6-12(7-14(16)18)24-5-4-15(19)20/h2-4,6-8,22H,5,9H2,1H3. The van der Waals surface area contributed by atoms with Crippen LogP contribution in [0.4, 0.5) is 0 Å². The number of hydrogen-bond donors (Lipinski definition) is 1. The number of halogens is 4. The fourth-order valence-electron chi connectivity index (χ4n) is 1.84. The summed E-state index contributed by atoms with van der Waals surface area (Å²) in [6, 6.07) is 6.91. The lowest BCUT2D eigenvalue weighted by molar-refractivity contribution is 0.215. The van der Waals surface area contributed by atoms with Gasteiger partial charge in [-0.2, -0.15) is 0 Å². The molecule has 0 aliphatic carbocycles. The third kappa shape index (κ3) is 6.36. The highest BCUT2D eigenvalue weighted by Gasteiger charge is 2.11. The molecule has 2 aromatic rings. The van der Waals surface area contributed by atoms with Gasteiger partial charge in [-0.25, -0.2) is 0 Å². The van der Waals surface area contributed by atoms with Crippen molar-refractivity contribution in [2.45, 2.75) is 6.61 Å². The molecule has 9 heteroatoms. The van der Waals surface area contributed by atoms with Gasteiger partial charge in [0.25, 0.3) is 0 Å². The summed E-state index contributed by atoms with van der Waals surface area (Å²) in [6.45, 7) is 0.453. The van der Waals surface area contributed by atoms with Gasteiger partial charge >= 0.3 is 0 Å². The second-order valence-electron chi connectivity index (χ2n) is 4.67. The van der Waals surface area contributed by atoms with Gasteiger partial charge in [0, 0.05) is 12.1 Å². The fraction of sp³-hybridized carbons (Fsp3) is 0.188. The van der Waals surface area contributed by atoms with Crippen LogP contribution in [0.15, 0.2) is 40.0 Å². The van der Waals surface area contributed by atoms with Gasteiger partial charge in [-0.05, 0) is 18.2 Å². The molecule has 0 saturated carbocycles. The van der Waals surface area contributed by atoms with E-state index in [1.165, 1.54) is 13.2 Å². The van der Waals surface area contributed by atoms with Crippen molar-refractivity contribution in [1.82, 2.24) is 4.98 Å². The zero-order chi connectivity index (χ0) is 18.2. The third-order valence-corrected chi connectivity index (χ3v) is 3.77. The number of aromatic nitrogens is 1. The average molecular weight is 424 g/mol. The number of H-pyrrole nitrogens is 1. The van der Waals surface area contributed by atoms with Crippen LogP contribution in [0, 0.1) is 0 Å². The molecule has 5 nitrogen and oxygen atoms in total. The van der Waals surface area contributed by atoms with Gasteiger partial charge in [-0.15, -0.1) is 0 Å². The quantitative estimate of drug-likeness (QED) is 0.445. The van der Waals surface area contributed by atoms with Gasteiger partial charge in [-0.3, -0.25) is 0 Å². The SMILES string of the molecule is CON=Cc1ccc(COc2c(Cl)cc(OCC=C(Cl)Cl)cc2Cl)[nH]1. The van der Waals surface area contributed by atoms with Crippen molar-refractivity contribution in [2.75, 3.05) is 13.7 Å². The smallest absolute Gasteiger partial charge is 0.157 e. The van der Waals surface area contributed by atoms with Gasteiger partial charge in [0.15, 0.2) is 5.75 Å². The summed E-state index contributed by atoms with van der Waals surface area (Å²) in [7, 11) is 1.47. The fourth-order valence-corrected chi connectivity index (χ4v) is 2.54. The van der Waals surface area contributed by atoms with E-state index in [0.717, 1.165) is 11.4 Å². The minimum absolute atomic E-state index is 0.123. The topological polar surface area (TPSA) is 55.8 Å². The van der Waals surface area contributed by atoms with Gasteiger partial charge in [-0.1, -0.05) is 51.6 Å². The number of benzene rings is 1. The number of ether oxygens (including phenoxy) is 2. The zero-order valence-electron chi connectivity index (χ0n) is 13.1. The van der Waals surface area contributed by atoms with Crippen LogP contribution in [-0.2, 0) is 11.4 Å². The molecule has 1 aromatic heterocycles. The molecule has 25 heavy (non-hydrogen) atoms. The monoisotopic (exact) mass is 422 g/mol. The Labute approximate surface area is 165 Å². The van der Waals surface area contributed by atoms with Crippen molar-refractivity contribution in [1.29, 1.82) is 0 Å². The molecule has 0 bridgehead atoms. The molecule has 0 spiro atoms. The van der Waals surface area contributed by atoms with E-state index >= 15 is 0 Å². The largest absolute Gasteiger partial charge is 0.489 e. The van der Waals surface area contributed by atoms with Crippen LogP contribution in [0.1, 0.15) is 11.4 Å². The van der Waals surface area contributed by atoms with Gasteiger partial charge in [0.05, 0.1) is 27.6 Å². The Morgan fingerprint density at radius 2 is 1.88 bits per heavy atom. The molecule has 1 aromatic carbocycles. The van der Waals surface area contributed by atoms with Crippen LogP contribution in [0.2, 0.25) is 10.0 Å². The van der Waals surface area contributed by atoms with E-state index in [1.54, 1.807) is 18.3 Å². The second-order valence-corrected chi connectivity index (χ2v) is 6.49. The Bertz CT molecular complexity index is 747. The summed E-state index contributed by atoms with van der Waals surface area (Å²) < 4.78 is 11.2. The van der Waals surface area contributed by atoms with Crippen LogP contribution < -0.4 is 9.47 Å². The number of hydrogen-bond acceptors (Lipinski definition) is 4. The number of oxime groups is 1. The van der Waals surface area contributed by atoms with E-state index in [2.05, 4.69) is 15.0 Å². The first kappa shape index (κ1) is 19.8. The second kappa shape index (κ2) is 9.82. The zero-order valence-corrected chi connectivity index (χ0v) is 16.1. The molecule has 2 rings (SSSR count). The van der Waals surface area contributed by atoms with Crippen molar-refractivity contribution >= 4 is 52.6 Å². The first-order chi connectivity index (χ1) is 12.0. The lowest BCUT2D eigenvalue weighted by Crippen LogP contribution is -1.99. The molecule has 0 saturated heterocycles. The van der Waals surface area contributed by atoms with Crippen molar-refractivity contribution in [3.8, 4) is 11.5 Å².